The third kappa shape index (κ3) is 4.98. The number of carbonyl (C=O) groups excluding carboxylic acids is 1. The van der Waals surface area contributed by atoms with Gasteiger partial charge in [-0.05, 0) is 25.3 Å². The highest BCUT2D eigenvalue weighted by Gasteiger charge is 2.28. The number of nitrogens with zero attached hydrogens (tertiary/aromatic N) is 3. The summed E-state index contributed by atoms with van der Waals surface area (Å²) < 4.78 is 0. The van der Waals surface area contributed by atoms with E-state index in [0.717, 1.165) is 24.1 Å². The van der Waals surface area contributed by atoms with Gasteiger partial charge < -0.3 is 0 Å². The maximum absolute atomic E-state index is 12.0. The summed E-state index contributed by atoms with van der Waals surface area (Å²) in [6.07, 6.45) is 4.55. The molecule has 5 heteroatoms. The van der Waals surface area contributed by atoms with Gasteiger partial charge in [-0.3, -0.25) is 9.69 Å². The maximum atomic E-state index is 12.0. The van der Waals surface area contributed by atoms with Crippen LogP contribution in [0.2, 0.25) is 0 Å². The molecule has 1 aromatic rings. The molecule has 2 rings (SSSR count). The molecule has 22 heavy (non-hydrogen) atoms. The lowest BCUT2D eigenvalue weighted by molar-refractivity contribution is -0.124. The molecule has 1 heterocycles. The first-order chi connectivity index (χ1) is 10.7. The largest absolute Gasteiger partial charge is 0.285 e. The van der Waals surface area contributed by atoms with Crippen molar-refractivity contribution in [2.75, 3.05) is 5.75 Å². The van der Waals surface area contributed by atoms with Gasteiger partial charge in [0.2, 0.25) is 5.91 Å². The summed E-state index contributed by atoms with van der Waals surface area (Å²) >= 11 is 1.47. The first-order valence-corrected chi connectivity index (χ1v) is 8.77. The normalized spacial score (nSPS) is 17.5. The summed E-state index contributed by atoms with van der Waals surface area (Å²) in [5.41, 5.74) is 2.13. The molecule has 0 unspecified atom stereocenters. The first kappa shape index (κ1) is 16.7. The molecule has 1 aromatic carbocycles. The highest BCUT2D eigenvalue weighted by molar-refractivity contribution is 8.15. The Morgan fingerprint density at radius 1 is 1.27 bits per heavy atom. The van der Waals surface area contributed by atoms with Gasteiger partial charge in [0, 0.05) is 5.71 Å². The van der Waals surface area contributed by atoms with Crippen LogP contribution in [-0.2, 0) is 11.3 Å². The van der Waals surface area contributed by atoms with Crippen molar-refractivity contribution in [3.05, 3.63) is 35.9 Å². The van der Waals surface area contributed by atoms with E-state index in [-0.39, 0.29) is 5.91 Å². The van der Waals surface area contributed by atoms with Crippen molar-refractivity contribution < 1.29 is 4.79 Å². The molecule has 0 saturated carbocycles. The number of benzene rings is 1. The minimum atomic E-state index is 0.103. The fourth-order valence-electron chi connectivity index (χ4n) is 2.20. The molecule has 0 N–H and O–H groups in total. The average molecular weight is 317 g/mol. The predicted octanol–water partition coefficient (Wildman–Crippen LogP) is 4.07. The number of hydrogen-bond acceptors (Lipinski definition) is 4. The second-order valence-corrected chi connectivity index (χ2v) is 6.37. The van der Waals surface area contributed by atoms with Crippen molar-refractivity contribution in [2.24, 2.45) is 10.2 Å². The van der Waals surface area contributed by atoms with Gasteiger partial charge in [-0.1, -0.05) is 61.9 Å². The summed E-state index contributed by atoms with van der Waals surface area (Å²) in [6, 6.07) is 9.98. The first-order valence-electron chi connectivity index (χ1n) is 7.79. The summed E-state index contributed by atoms with van der Waals surface area (Å²) in [7, 11) is 0. The topological polar surface area (TPSA) is 45.0 Å². The van der Waals surface area contributed by atoms with Crippen molar-refractivity contribution in [2.45, 2.75) is 46.1 Å². The lowest BCUT2D eigenvalue weighted by Crippen LogP contribution is -2.28. The van der Waals surface area contributed by atoms with E-state index in [1.54, 1.807) is 4.90 Å². The molecule has 4 nitrogen and oxygen atoms in total. The molecule has 1 fully saturated rings. The Morgan fingerprint density at radius 2 is 2.05 bits per heavy atom. The number of thioether (sulfide) groups is 1. The predicted molar refractivity (Wildman–Crippen MR) is 94.1 cm³/mol. The SMILES string of the molecule is CCCCC/C(C)=N\N=C1\SCC(=O)N1Cc1ccccc1. The summed E-state index contributed by atoms with van der Waals surface area (Å²) in [5.74, 6) is 0.558. The Labute approximate surface area is 136 Å². The maximum Gasteiger partial charge on any atom is 0.239 e. The van der Waals surface area contributed by atoms with Crippen molar-refractivity contribution >= 4 is 28.5 Å². The molecule has 118 valence electrons. The Bertz CT molecular complexity index is 554. The smallest absolute Gasteiger partial charge is 0.239 e. The van der Waals surface area contributed by atoms with E-state index in [2.05, 4.69) is 17.1 Å². The second-order valence-electron chi connectivity index (χ2n) is 5.43. The van der Waals surface area contributed by atoms with Gasteiger partial charge in [0.15, 0.2) is 5.17 Å². The fourth-order valence-corrected chi connectivity index (χ4v) is 3.03. The van der Waals surface area contributed by atoms with E-state index < -0.39 is 0 Å². The van der Waals surface area contributed by atoms with Gasteiger partial charge in [0.05, 0.1) is 12.3 Å². The number of hydrogen-bond donors (Lipinski definition) is 0. The Balaban J connectivity index is 2.00. The number of rotatable bonds is 7. The van der Waals surface area contributed by atoms with Crippen LogP contribution >= 0.6 is 11.8 Å². The summed E-state index contributed by atoms with van der Waals surface area (Å²) in [4.78, 5) is 13.7. The van der Waals surface area contributed by atoms with Crippen LogP contribution in [0.15, 0.2) is 40.5 Å². The minimum Gasteiger partial charge on any atom is -0.285 e. The Kier molecular flexibility index (Phi) is 6.65. The summed E-state index contributed by atoms with van der Waals surface area (Å²) in [5, 5.41) is 9.31. The molecule has 0 aromatic heterocycles. The van der Waals surface area contributed by atoms with Crippen molar-refractivity contribution in [1.82, 2.24) is 4.90 Å². The molecule has 0 aliphatic carbocycles. The number of carbonyl (C=O) groups is 1. The van der Waals surface area contributed by atoms with Crippen LogP contribution in [0.5, 0.6) is 0 Å². The standard InChI is InChI=1S/C17H23N3OS/c1-3-4-6-9-14(2)18-19-17-20(16(21)13-22-17)12-15-10-7-5-8-11-15/h5,7-8,10-11H,3-4,6,9,12-13H2,1-2H3/b18-14-,19-17+. The van der Waals surface area contributed by atoms with E-state index in [1.807, 2.05) is 37.3 Å². The van der Waals surface area contributed by atoms with Crippen LogP contribution in [0.3, 0.4) is 0 Å². The van der Waals surface area contributed by atoms with E-state index in [1.165, 1.54) is 24.6 Å². The highest BCUT2D eigenvalue weighted by Crippen LogP contribution is 2.22. The summed E-state index contributed by atoms with van der Waals surface area (Å²) in [6.45, 7) is 4.76. The molecule has 0 radical (unpaired) electrons. The molecule has 1 amide bonds. The van der Waals surface area contributed by atoms with Gasteiger partial charge in [-0.25, -0.2) is 0 Å². The number of amidine groups is 1. The zero-order valence-corrected chi connectivity index (χ0v) is 14.1. The van der Waals surface area contributed by atoms with E-state index >= 15 is 0 Å². The van der Waals surface area contributed by atoms with Gasteiger partial charge in [0.1, 0.15) is 0 Å². The van der Waals surface area contributed by atoms with E-state index in [0.29, 0.717) is 17.5 Å². The molecule has 0 bridgehead atoms. The molecule has 1 saturated heterocycles. The number of unbranched alkanes of at least 4 members (excludes halogenated alkanes) is 2. The molecule has 1 aliphatic rings. The molecule has 0 spiro atoms. The van der Waals surface area contributed by atoms with Crippen LogP contribution in [0.25, 0.3) is 0 Å². The third-order valence-corrected chi connectivity index (χ3v) is 4.44. The zero-order valence-electron chi connectivity index (χ0n) is 13.3. The average Bonchev–Trinajstić information content (AvgIpc) is 2.87. The molecule has 1 aliphatic heterocycles. The van der Waals surface area contributed by atoms with Gasteiger partial charge in [0.25, 0.3) is 0 Å². The van der Waals surface area contributed by atoms with Crippen LogP contribution in [-0.4, -0.2) is 27.4 Å². The van der Waals surface area contributed by atoms with Crippen LogP contribution < -0.4 is 0 Å². The lowest BCUT2D eigenvalue weighted by atomic mass is 10.1. The van der Waals surface area contributed by atoms with Gasteiger partial charge in [-0.15, -0.1) is 5.10 Å². The third-order valence-electron chi connectivity index (χ3n) is 3.49. The van der Waals surface area contributed by atoms with Crippen LogP contribution in [0, 0.1) is 0 Å². The fraction of sp³-hybridized carbons (Fsp3) is 0.471. The highest BCUT2D eigenvalue weighted by atomic mass is 32.2. The van der Waals surface area contributed by atoms with Crippen molar-refractivity contribution in [3.63, 3.8) is 0 Å². The van der Waals surface area contributed by atoms with Crippen molar-refractivity contribution in [1.29, 1.82) is 0 Å². The van der Waals surface area contributed by atoms with Crippen LogP contribution in [0.4, 0.5) is 0 Å². The lowest BCUT2D eigenvalue weighted by Gasteiger charge is -2.15. The minimum absolute atomic E-state index is 0.103. The van der Waals surface area contributed by atoms with Crippen LogP contribution in [0.1, 0.15) is 45.1 Å². The number of amides is 1. The van der Waals surface area contributed by atoms with E-state index in [9.17, 15) is 4.79 Å². The zero-order chi connectivity index (χ0) is 15.8. The second kappa shape index (κ2) is 8.73. The monoisotopic (exact) mass is 317 g/mol. The molecule has 0 atom stereocenters. The van der Waals surface area contributed by atoms with Crippen molar-refractivity contribution in [3.8, 4) is 0 Å². The molecular formula is C17H23N3OS. The quantitative estimate of drug-likeness (QED) is 0.432. The van der Waals surface area contributed by atoms with Gasteiger partial charge in [-0.2, -0.15) is 5.10 Å². The van der Waals surface area contributed by atoms with E-state index in [4.69, 9.17) is 0 Å². The Morgan fingerprint density at radius 3 is 2.77 bits per heavy atom. The van der Waals surface area contributed by atoms with Gasteiger partial charge >= 0.3 is 0 Å². The molecular weight excluding hydrogens is 294 g/mol. The Hall–Kier alpha value is -1.62.